The van der Waals surface area contributed by atoms with E-state index in [0.29, 0.717) is 11.8 Å². The summed E-state index contributed by atoms with van der Waals surface area (Å²) in [5.74, 6) is 1.40. The van der Waals surface area contributed by atoms with Crippen molar-refractivity contribution in [1.82, 2.24) is 10.2 Å². The van der Waals surface area contributed by atoms with Crippen LogP contribution in [0.3, 0.4) is 0 Å². The first-order valence-electron chi connectivity index (χ1n) is 10.1. The van der Waals surface area contributed by atoms with E-state index in [4.69, 9.17) is 10.5 Å². The number of carbonyl (C=O) groups is 1. The van der Waals surface area contributed by atoms with Crippen LogP contribution in [0.5, 0.6) is 0 Å². The average Bonchev–Trinajstić information content (AvgIpc) is 3.22. The Bertz CT molecular complexity index is 456. The van der Waals surface area contributed by atoms with Gasteiger partial charge in [-0.05, 0) is 69.9 Å². The molecule has 2 bridgehead atoms. The van der Waals surface area contributed by atoms with Gasteiger partial charge in [-0.2, -0.15) is 0 Å². The summed E-state index contributed by atoms with van der Waals surface area (Å²) in [6, 6.07) is 0.0874. The minimum Gasteiger partial charge on any atom is -0.381 e. The Balaban J connectivity index is 1.40. The predicted molar refractivity (Wildman–Crippen MR) is 93.5 cm³/mol. The molecule has 4 unspecified atom stereocenters. The summed E-state index contributed by atoms with van der Waals surface area (Å²) >= 11 is 0. The molecular weight excluding hydrogens is 302 g/mol. The van der Waals surface area contributed by atoms with Gasteiger partial charge in [0.25, 0.3) is 0 Å². The summed E-state index contributed by atoms with van der Waals surface area (Å²) in [4.78, 5) is 15.5. The summed E-state index contributed by atoms with van der Waals surface area (Å²) in [7, 11) is 0. The molecule has 4 atom stereocenters. The minimum absolute atomic E-state index is 0.0574. The third kappa shape index (κ3) is 2.99. The smallest absolute Gasteiger partial charge is 0.225 e. The molecule has 0 aromatic carbocycles. The number of likely N-dealkylation sites (tertiary alicyclic amines) is 1. The molecule has 136 valence electrons. The van der Waals surface area contributed by atoms with Crippen molar-refractivity contribution in [3.8, 4) is 0 Å². The maximum atomic E-state index is 12.9. The number of rotatable bonds is 4. The zero-order valence-corrected chi connectivity index (χ0v) is 14.8. The van der Waals surface area contributed by atoms with E-state index in [1.54, 1.807) is 0 Å². The number of fused-ring (bicyclic) bond motifs is 2. The average molecular weight is 335 g/mol. The largest absolute Gasteiger partial charge is 0.381 e. The van der Waals surface area contributed by atoms with Crippen LogP contribution >= 0.6 is 0 Å². The number of ether oxygens (including phenoxy) is 1. The van der Waals surface area contributed by atoms with Gasteiger partial charge in [-0.1, -0.05) is 6.42 Å². The molecule has 4 fully saturated rings. The van der Waals surface area contributed by atoms with Crippen LogP contribution in [0, 0.1) is 17.8 Å². The second kappa shape index (κ2) is 6.93. The van der Waals surface area contributed by atoms with E-state index in [0.717, 1.165) is 32.6 Å². The molecule has 0 spiro atoms. The van der Waals surface area contributed by atoms with Gasteiger partial charge in [-0.15, -0.1) is 0 Å². The van der Waals surface area contributed by atoms with Gasteiger partial charge in [0.1, 0.15) is 0 Å². The first-order chi connectivity index (χ1) is 11.7. The highest BCUT2D eigenvalue weighted by atomic mass is 16.5. The molecule has 2 saturated heterocycles. The molecule has 1 amide bonds. The van der Waals surface area contributed by atoms with Crippen LogP contribution in [0.2, 0.25) is 0 Å². The summed E-state index contributed by atoms with van der Waals surface area (Å²) in [5, 5.41) is 3.33. The van der Waals surface area contributed by atoms with Crippen LogP contribution < -0.4 is 11.1 Å². The number of nitrogens with zero attached hydrogens (tertiary/aromatic N) is 1. The molecule has 5 heteroatoms. The normalized spacial score (nSPS) is 39.0. The molecule has 2 saturated carbocycles. The predicted octanol–water partition coefficient (Wildman–Crippen LogP) is 1.51. The van der Waals surface area contributed by atoms with Gasteiger partial charge in [-0.25, -0.2) is 0 Å². The highest BCUT2D eigenvalue weighted by molar-refractivity contribution is 5.80. The van der Waals surface area contributed by atoms with E-state index in [-0.39, 0.29) is 23.4 Å². The Hall–Kier alpha value is -0.650. The maximum Gasteiger partial charge on any atom is 0.225 e. The van der Waals surface area contributed by atoms with Crippen molar-refractivity contribution in [3.63, 3.8) is 0 Å². The van der Waals surface area contributed by atoms with E-state index in [9.17, 15) is 4.79 Å². The van der Waals surface area contributed by atoms with Crippen molar-refractivity contribution in [3.05, 3.63) is 0 Å². The molecule has 2 aliphatic carbocycles. The third-order valence-corrected chi connectivity index (χ3v) is 7.33. The Kier molecular flexibility index (Phi) is 4.85. The van der Waals surface area contributed by atoms with Crippen LogP contribution in [0.1, 0.15) is 51.4 Å². The summed E-state index contributed by atoms with van der Waals surface area (Å²) in [6.45, 7) is 4.75. The molecule has 3 N–H and O–H groups in total. The van der Waals surface area contributed by atoms with Gasteiger partial charge in [0.05, 0.1) is 5.92 Å². The monoisotopic (exact) mass is 335 g/mol. The van der Waals surface area contributed by atoms with Gasteiger partial charge in [0.2, 0.25) is 5.91 Å². The van der Waals surface area contributed by atoms with Crippen LogP contribution in [-0.2, 0) is 9.53 Å². The van der Waals surface area contributed by atoms with E-state index in [2.05, 4.69) is 10.2 Å². The number of hydrogen-bond acceptors (Lipinski definition) is 4. The highest BCUT2D eigenvalue weighted by Gasteiger charge is 2.49. The standard InChI is InChI=1S/C19H33N3O2/c20-17-15-5-4-14(12-15)16(17)18(23)21-13-19(6-10-24-11-7-19)22-8-2-1-3-9-22/h14-17H,1-13,20H2,(H,21,23). The molecule has 2 heterocycles. The van der Waals surface area contributed by atoms with Crippen LogP contribution in [0.25, 0.3) is 0 Å². The Morgan fingerprint density at radius 2 is 1.83 bits per heavy atom. The molecular formula is C19H33N3O2. The summed E-state index contributed by atoms with van der Waals surface area (Å²) in [6.07, 6.45) is 9.58. The second-order valence-electron chi connectivity index (χ2n) is 8.54. The SMILES string of the molecule is NC1C2CCC(C2)C1C(=O)NCC1(N2CCCCC2)CCOCC1. The fourth-order valence-corrected chi connectivity index (χ4v) is 5.82. The van der Waals surface area contributed by atoms with Crippen LogP contribution in [0.4, 0.5) is 0 Å². The van der Waals surface area contributed by atoms with Gasteiger partial charge < -0.3 is 15.8 Å². The quantitative estimate of drug-likeness (QED) is 0.817. The first-order valence-corrected chi connectivity index (χ1v) is 10.1. The molecule has 4 aliphatic rings. The van der Waals surface area contributed by atoms with Crippen molar-refractivity contribution in [2.45, 2.75) is 62.9 Å². The molecule has 5 nitrogen and oxygen atoms in total. The summed E-state index contributed by atoms with van der Waals surface area (Å²) in [5.41, 5.74) is 6.47. The van der Waals surface area contributed by atoms with Crippen molar-refractivity contribution in [2.24, 2.45) is 23.5 Å². The first kappa shape index (κ1) is 16.8. The zero-order chi connectivity index (χ0) is 16.6. The lowest BCUT2D eigenvalue weighted by atomic mass is 9.83. The van der Waals surface area contributed by atoms with Gasteiger partial charge in [0.15, 0.2) is 0 Å². The lowest BCUT2D eigenvalue weighted by molar-refractivity contribution is -0.128. The van der Waals surface area contributed by atoms with Crippen molar-refractivity contribution >= 4 is 5.91 Å². The molecule has 4 rings (SSSR count). The number of nitrogens with two attached hydrogens (primary N) is 1. The highest BCUT2D eigenvalue weighted by Crippen LogP contribution is 2.47. The summed E-state index contributed by atoms with van der Waals surface area (Å²) < 4.78 is 5.62. The van der Waals surface area contributed by atoms with E-state index >= 15 is 0 Å². The number of hydrogen-bond donors (Lipinski definition) is 2. The fraction of sp³-hybridized carbons (Fsp3) is 0.947. The number of piperidine rings is 1. The lowest BCUT2D eigenvalue weighted by Gasteiger charge is -2.48. The molecule has 0 aromatic rings. The van der Waals surface area contributed by atoms with Gasteiger partial charge in [0, 0.05) is 31.3 Å². The van der Waals surface area contributed by atoms with Crippen molar-refractivity contribution < 1.29 is 9.53 Å². The minimum atomic E-state index is 0.0574. The lowest BCUT2D eigenvalue weighted by Crippen LogP contribution is -2.60. The Labute approximate surface area is 145 Å². The van der Waals surface area contributed by atoms with Crippen LogP contribution in [-0.4, -0.2) is 55.2 Å². The van der Waals surface area contributed by atoms with Gasteiger partial charge >= 0.3 is 0 Å². The Morgan fingerprint density at radius 1 is 1.12 bits per heavy atom. The zero-order valence-electron chi connectivity index (χ0n) is 14.8. The van der Waals surface area contributed by atoms with Crippen molar-refractivity contribution in [2.75, 3.05) is 32.8 Å². The molecule has 0 radical (unpaired) electrons. The van der Waals surface area contributed by atoms with Crippen molar-refractivity contribution in [1.29, 1.82) is 0 Å². The van der Waals surface area contributed by atoms with Crippen LogP contribution in [0.15, 0.2) is 0 Å². The van der Waals surface area contributed by atoms with E-state index in [1.807, 2.05) is 0 Å². The number of nitrogens with one attached hydrogen (secondary N) is 1. The molecule has 24 heavy (non-hydrogen) atoms. The number of carbonyl (C=O) groups excluding carboxylic acids is 1. The topological polar surface area (TPSA) is 67.6 Å². The Morgan fingerprint density at radius 3 is 2.50 bits per heavy atom. The van der Waals surface area contributed by atoms with E-state index in [1.165, 1.54) is 51.6 Å². The number of amides is 1. The van der Waals surface area contributed by atoms with Gasteiger partial charge in [-0.3, -0.25) is 9.69 Å². The third-order valence-electron chi connectivity index (χ3n) is 7.33. The second-order valence-corrected chi connectivity index (χ2v) is 8.54. The maximum absolute atomic E-state index is 12.9. The molecule has 2 aliphatic heterocycles. The fourth-order valence-electron chi connectivity index (χ4n) is 5.82. The molecule has 0 aromatic heterocycles. The van der Waals surface area contributed by atoms with E-state index < -0.39 is 0 Å².